The number of rotatable bonds is 6. The van der Waals surface area contributed by atoms with Crippen molar-refractivity contribution in [3.8, 4) is 11.5 Å². The monoisotopic (exact) mass is 343 g/mol. The fourth-order valence-electron chi connectivity index (χ4n) is 2.38. The van der Waals surface area contributed by atoms with Crippen molar-refractivity contribution in [2.75, 3.05) is 13.1 Å². The molecule has 0 radical (unpaired) electrons. The third kappa shape index (κ3) is 5.74. The van der Waals surface area contributed by atoms with Crippen LogP contribution >= 0.6 is 0 Å². The number of oxazole rings is 1. The molecule has 0 aliphatic heterocycles. The first-order chi connectivity index (χ1) is 11.8. The topological polar surface area (TPSA) is 75.4 Å². The minimum absolute atomic E-state index is 0.0377. The molecule has 1 aromatic carbocycles. The Kier molecular flexibility index (Phi) is 5.96. The number of carbonyl (C=O) groups excluding carboxylic acids is 2. The van der Waals surface area contributed by atoms with Crippen molar-refractivity contribution < 1.29 is 14.0 Å². The van der Waals surface area contributed by atoms with Crippen LogP contribution in [0.25, 0.3) is 11.5 Å². The van der Waals surface area contributed by atoms with E-state index in [2.05, 4.69) is 10.3 Å². The molecule has 25 heavy (non-hydrogen) atoms. The summed E-state index contributed by atoms with van der Waals surface area (Å²) in [6.07, 6.45) is 1.59. The summed E-state index contributed by atoms with van der Waals surface area (Å²) in [6, 6.07) is 9.51. The molecule has 0 aliphatic rings. The number of carbonyl (C=O) groups is 2. The van der Waals surface area contributed by atoms with E-state index in [4.69, 9.17) is 4.42 Å². The van der Waals surface area contributed by atoms with Crippen molar-refractivity contribution in [3.63, 3.8) is 0 Å². The van der Waals surface area contributed by atoms with Crippen molar-refractivity contribution >= 4 is 11.8 Å². The molecule has 134 valence electrons. The second-order valence-corrected chi connectivity index (χ2v) is 6.89. The van der Waals surface area contributed by atoms with Gasteiger partial charge in [0.25, 0.3) is 0 Å². The van der Waals surface area contributed by atoms with Gasteiger partial charge in [-0.05, 0) is 39.8 Å². The minimum atomic E-state index is -0.323. The zero-order chi connectivity index (χ0) is 18.4. The van der Waals surface area contributed by atoms with Crippen LogP contribution in [0.4, 0.5) is 0 Å². The van der Waals surface area contributed by atoms with Crippen molar-refractivity contribution in [1.29, 1.82) is 0 Å². The van der Waals surface area contributed by atoms with Crippen molar-refractivity contribution in [1.82, 2.24) is 15.2 Å². The van der Waals surface area contributed by atoms with Gasteiger partial charge in [0, 0.05) is 17.6 Å². The van der Waals surface area contributed by atoms with Gasteiger partial charge >= 0.3 is 0 Å². The van der Waals surface area contributed by atoms with Crippen LogP contribution in [0.5, 0.6) is 0 Å². The third-order valence-electron chi connectivity index (χ3n) is 3.49. The fraction of sp³-hybridized carbons (Fsp3) is 0.421. The number of nitrogens with one attached hydrogen (secondary N) is 1. The second-order valence-electron chi connectivity index (χ2n) is 6.89. The molecule has 1 heterocycles. The first-order valence-electron chi connectivity index (χ1n) is 8.37. The Bertz CT molecular complexity index is 717. The average Bonchev–Trinajstić information content (AvgIpc) is 3.00. The largest absolute Gasteiger partial charge is 0.444 e. The van der Waals surface area contributed by atoms with Crippen LogP contribution in [0.2, 0.25) is 0 Å². The van der Waals surface area contributed by atoms with Gasteiger partial charge < -0.3 is 14.6 Å². The smallest absolute Gasteiger partial charge is 0.240 e. The van der Waals surface area contributed by atoms with E-state index in [1.165, 1.54) is 11.2 Å². The molecule has 0 atom stereocenters. The van der Waals surface area contributed by atoms with Crippen LogP contribution in [0, 0.1) is 0 Å². The standard InChI is InChI=1S/C19H25N3O3/c1-5-22(12-16(23)21-19(2,3)4)17(24)11-15-13-25-18(20-15)14-9-7-6-8-10-14/h6-10,13H,5,11-12H2,1-4H3,(H,21,23). The van der Waals surface area contributed by atoms with Gasteiger partial charge in [-0.15, -0.1) is 0 Å². The highest BCUT2D eigenvalue weighted by Crippen LogP contribution is 2.18. The number of benzene rings is 1. The average molecular weight is 343 g/mol. The maximum atomic E-state index is 12.5. The van der Waals surface area contributed by atoms with Crippen LogP contribution in [0.3, 0.4) is 0 Å². The normalized spacial score (nSPS) is 11.2. The third-order valence-corrected chi connectivity index (χ3v) is 3.49. The van der Waals surface area contributed by atoms with Crippen LogP contribution in [-0.2, 0) is 16.0 Å². The molecule has 6 heteroatoms. The summed E-state index contributed by atoms with van der Waals surface area (Å²) in [4.78, 5) is 30.4. The van der Waals surface area contributed by atoms with Gasteiger partial charge in [0.2, 0.25) is 17.7 Å². The minimum Gasteiger partial charge on any atom is -0.444 e. The lowest BCUT2D eigenvalue weighted by molar-refractivity contribution is -0.135. The lowest BCUT2D eigenvalue weighted by Gasteiger charge is -2.24. The van der Waals surface area contributed by atoms with E-state index in [0.717, 1.165) is 5.56 Å². The first kappa shape index (κ1) is 18.7. The van der Waals surface area contributed by atoms with Gasteiger partial charge in [0.05, 0.1) is 18.7 Å². The van der Waals surface area contributed by atoms with E-state index in [1.807, 2.05) is 58.0 Å². The van der Waals surface area contributed by atoms with E-state index >= 15 is 0 Å². The van der Waals surface area contributed by atoms with Gasteiger partial charge in [0.15, 0.2) is 0 Å². The van der Waals surface area contributed by atoms with Crippen molar-refractivity contribution in [2.24, 2.45) is 0 Å². The number of nitrogens with zero attached hydrogens (tertiary/aromatic N) is 2. The maximum absolute atomic E-state index is 12.5. The van der Waals surface area contributed by atoms with Gasteiger partial charge in [-0.2, -0.15) is 0 Å². The Hall–Kier alpha value is -2.63. The van der Waals surface area contributed by atoms with E-state index in [-0.39, 0.29) is 30.3 Å². The first-order valence-corrected chi connectivity index (χ1v) is 8.37. The Labute approximate surface area is 148 Å². The predicted molar refractivity (Wildman–Crippen MR) is 95.8 cm³/mol. The highest BCUT2D eigenvalue weighted by Gasteiger charge is 2.20. The highest BCUT2D eigenvalue weighted by molar-refractivity contribution is 5.86. The molecule has 0 saturated heterocycles. The molecule has 2 amide bonds. The molecular formula is C19H25N3O3. The molecule has 0 bridgehead atoms. The molecule has 1 aromatic heterocycles. The SMILES string of the molecule is CCN(CC(=O)NC(C)(C)C)C(=O)Cc1coc(-c2ccccc2)n1. The summed E-state index contributed by atoms with van der Waals surface area (Å²) in [6.45, 7) is 8.06. The molecule has 0 aliphatic carbocycles. The summed E-state index contributed by atoms with van der Waals surface area (Å²) in [5.41, 5.74) is 1.09. The maximum Gasteiger partial charge on any atom is 0.240 e. The Morgan fingerprint density at radius 3 is 2.48 bits per heavy atom. The Morgan fingerprint density at radius 2 is 1.88 bits per heavy atom. The van der Waals surface area contributed by atoms with Crippen molar-refractivity contribution in [3.05, 3.63) is 42.3 Å². The fourth-order valence-corrected chi connectivity index (χ4v) is 2.38. The van der Waals surface area contributed by atoms with Crippen molar-refractivity contribution in [2.45, 2.75) is 39.7 Å². The molecule has 6 nitrogen and oxygen atoms in total. The van der Waals surface area contributed by atoms with Crippen LogP contribution in [-0.4, -0.2) is 40.3 Å². The lowest BCUT2D eigenvalue weighted by atomic mass is 10.1. The number of hydrogen-bond donors (Lipinski definition) is 1. The zero-order valence-electron chi connectivity index (χ0n) is 15.2. The summed E-state index contributed by atoms with van der Waals surface area (Å²) in [5, 5.41) is 2.86. The summed E-state index contributed by atoms with van der Waals surface area (Å²) in [7, 11) is 0. The lowest BCUT2D eigenvalue weighted by Crippen LogP contribution is -2.47. The number of amides is 2. The van der Waals surface area contributed by atoms with Crippen LogP contribution in [0.15, 0.2) is 41.0 Å². The second kappa shape index (κ2) is 7.96. The predicted octanol–water partition coefficient (Wildman–Crippen LogP) is 2.65. The van der Waals surface area contributed by atoms with Gasteiger partial charge in [-0.25, -0.2) is 4.98 Å². The summed E-state index contributed by atoms with van der Waals surface area (Å²) >= 11 is 0. The molecule has 0 spiro atoms. The van der Waals surface area contributed by atoms with Gasteiger partial charge in [-0.1, -0.05) is 18.2 Å². The quantitative estimate of drug-likeness (QED) is 0.875. The Morgan fingerprint density at radius 1 is 1.20 bits per heavy atom. The van der Waals surface area contributed by atoms with Gasteiger partial charge in [0.1, 0.15) is 6.26 Å². The molecule has 0 unspecified atom stereocenters. The number of hydrogen-bond acceptors (Lipinski definition) is 4. The summed E-state index contributed by atoms with van der Waals surface area (Å²) in [5.74, 6) is 0.157. The van der Waals surface area contributed by atoms with Gasteiger partial charge in [-0.3, -0.25) is 9.59 Å². The van der Waals surface area contributed by atoms with Crippen LogP contribution in [0.1, 0.15) is 33.4 Å². The van der Waals surface area contributed by atoms with E-state index < -0.39 is 0 Å². The van der Waals surface area contributed by atoms with E-state index in [1.54, 1.807) is 0 Å². The summed E-state index contributed by atoms with van der Waals surface area (Å²) < 4.78 is 5.45. The van der Waals surface area contributed by atoms with E-state index in [0.29, 0.717) is 18.1 Å². The highest BCUT2D eigenvalue weighted by atomic mass is 16.3. The number of aromatic nitrogens is 1. The number of likely N-dealkylation sites (N-methyl/N-ethyl adjacent to an activating group) is 1. The molecule has 0 saturated carbocycles. The molecule has 0 fully saturated rings. The molecule has 1 N–H and O–H groups in total. The van der Waals surface area contributed by atoms with E-state index in [9.17, 15) is 9.59 Å². The zero-order valence-corrected chi connectivity index (χ0v) is 15.2. The Balaban J connectivity index is 1.98. The molecule has 2 aromatic rings. The molecular weight excluding hydrogens is 318 g/mol. The van der Waals surface area contributed by atoms with Crippen LogP contribution < -0.4 is 5.32 Å². The molecule has 2 rings (SSSR count).